The van der Waals surface area contributed by atoms with Crippen LogP contribution in [-0.2, 0) is 4.79 Å². The van der Waals surface area contributed by atoms with Crippen molar-refractivity contribution in [3.05, 3.63) is 29.8 Å². The minimum atomic E-state index is -0.440. The second-order valence-electron chi connectivity index (χ2n) is 8.38. The minimum Gasteiger partial charge on any atom is -0.336 e. The molecule has 0 bridgehead atoms. The van der Waals surface area contributed by atoms with Crippen molar-refractivity contribution < 1.29 is 14.4 Å². The number of imide groups is 1. The van der Waals surface area contributed by atoms with Crippen LogP contribution in [-0.4, -0.2) is 85.0 Å². The number of nitrogens with zero attached hydrogens (tertiary/aromatic N) is 4. The summed E-state index contributed by atoms with van der Waals surface area (Å²) in [5, 5.41) is 4.21. The zero-order chi connectivity index (χ0) is 21.1. The highest BCUT2D eigenvalue weighted by molar-refractivity contribution is 6.06. The molecule has 4 amide bonds. The third-order valence-corrected chi connectivity index (χ3v) is 6.28. The summed E-state index contributed by atoms with van der Waals surface area (Å²) in [5.74, 6) is 6.25. The Morgan fingerprint density at radius 2 is 1.77 bits per heavy atom. The van der Waals surface area contributed by atoms with E-state index in [1.807, 2.05) is 9.91 Å². The van der Waals surface area contributed by atoms with Gasteiger partial charge in [-0.3, -0.25) is 30.5 Å². The number of rotatable bonds is 4. The van der Waals surface area contributed by atoms with E-state index in [1.165, 1.54) is 4.90 Å². The number of piperidine rings is 1. The lowest BCUT2D eigenvalue weighted by Crippen LogP contribution is -2.51. The fourth-order valence-corrected chi connectivity index (χ4v) is 4.43. The van der Waals surface area contributed by atoms with E-state index in [-0.39, 0.29) is 18.2 Å². The predicted octanol–water partition coefficient (Wildman–Crippen LogP) is 0.476. The van der Waals surface area contributed by atoms with E-state index >= 15 is 0 Å². The predicted molar refractivity (Wildman–Crippen MR) is 113 cm³/mol. The zero-order valence-corrected chi connectivity index (χ0v) is 17.3. The van der Waals surface area contributed by atoms with Crippen molar-refractivity contribution in [1.82, 2.24) is 20.1 Å². The van der Waals surface area contributed by atoms with Gasteiger partial charge in [-0.05, 0) is 37.0 Å². The Bertz CT molecular complexity index is 800. The molecule has 3 aliphatic heterocycles. The van der Waals surface area contributed by atoms with E-state index < -0.39 is 6.03 Å². The quantitative estimate of drug-likeness (QED) is 0.695. The van der Waals surface area contributed by atoms with E-state index in [0.29, 0.717) is 36.8 Å². The molecule has 0 spiro atoms. The molecule has 3 heterocycles. The summed E-state index contributed by atoms with van der Waals surface area (Å²) in [6.45, 7) is 6.49. The molecular formula is C21H30N6O3. The highest BCUT2D eigenvalue weighted by atomic mass is 16.2. The molecule has 1 aromatic rings. The Balaban J connectivity index is 1.32. The molecule has 3 N–H and O–H groups in total. The van der Waals surface area contributed by atoms with Gasteiger partial charge in [-0.1, -0.05) is 6.07 Å². The van der Waals surface area contributed by atoms with Crippen LogP contribution in [0.3, 0.4) is 0 Å². The zero-order valence-electron chi connectivity index (χ0n) is 17.3. The summed E-state index contributed by atoms with van der Waals surface area (Å²) in [6, 6.07) is 6.66. The van der Waals surface area contributed by atoms with Gasteiger partial charge in [0.25, 0.3) is 5.91 Å². The molecule has 0 radical (unpaired) electrons. The van der Waals surface area contributed by atoms with E-state index in [0.717, 1.165) is 45.6 Å². The lowest BCUT2D eigenvalue weighted by Gasteiger charge is -2.38. The molecular weight excluding hydrogens is 384 g/mol. The largest absolute Gasteiger partial charge is 0.336 e. The number of piperazine rings is 1. The molecule has 4 rings (SSSR count). The molecule has 0 atom stereocenters. The molecule has 9 nitrogen and oxygen atoms in total. The lowest BCUT2D eigenvalue weighted by atomic mass is 9.97. The summed E-state index contributed by atoms with van der Waals surface area (Å²) in [5.41, 5.74) is 1.21. The van der Waals surface area contributed by atoms with Gasteiger partial charge in [0, 0.05) is 70.0 Å². The number of urea groups is 1. The van der Waals surface area contributed by atoms with Gasteiger partial charge in [0.15, 0.2) is 0 Å². The standard InChI is InChI=1S/C21H30N6O3/c22-26-7-4-16(5-8-26)15-24-10-12-25(13-11-24)20(29)17-2-1-3-18(14-17)27-9-6-19(28)23-21(27)30/h1-3,14,16H,4-13,15,22H2,(H,23,28,30). The van der Waals surface area contributed by atoms with Gasteiger partial charge in [0.05, 0.1) is 0 Å². The van der Waals surface area contributed by atoms with Crippen LogP contribution in [0.1, 0.15) is 29.6 Å². The molecule has 3 aliphatic rings. The number of hydrazine groups is 1. The van der Waals surface area contributed by atoms with Gasteiger partial charge in [-0.15, -0.1) is 0 Å². The van der Waals surface area contributed by atoms with Crippen molar-refractivity contribution in [2.75, 3.05) is 57.3 Å². The van der Waals surface area contributed by atoms with Crippen molar-refractivity contribution >= 4 is 23.5 Å². The maximum atomic E-state index is 13.0. The van der Waals surface area contributed by atoms with Gasteiger partial charge in [-0.2, -0.15) is 0 Å². The fraction of sp³-hybridized carbons (Fsp3) is 0.571. The fourth-order valence-electron chi connectivity index (χ4n) is 4.43. The molecule has 3 saturated heterocycles. The molecule has 9 heteroatoms. The number of hydrogen-bond donors (Lipinski definition) is 2. The Kier molecular flexibility index (Phi) is 6.31. The first kappa shape index (κ1) is 20.8. The van der Waals surface area contributed by atoms with Gasteiger partial charge < -0.3 is 4.90 Å². The number of anilines is 1. The molecule has 162 valence electrons. The number of nitrogens with two attached hydrogens (primary N) is 1. The number of hydrogen-bond acceptors (Lipinski definition) is 6. The second-order valence-corrected chi connectivity index (χ2v) is 8.38. The molecule has 3 fully saturated rings. The summed E-state index contributed by atoms with van der Waals surface area (Å²) in [4.78, 5) is 42.3. The van der Waals surface area contributed by atoms with Crippen LogP contribution in [0.15, 0.2) is 24.3 Å². The van der Waals surface area contributed by atoms with Crippen molar-refractivity contribution in [3.63, 3.8) is 0 Å². The Morgan fingerprint density at radius 1 is 1.03 bits per heavy atom. The van der Waals surface area contributed by atoms with E-state index in [1.54, 1.807) is 24.3 Å². The molecule has 0 aliphatic carbocycles. The maximum absolute atomic E-state index is 13.0. The number of benzene rings is 1. The summed E-state index contributed by atoms with van der Waals surface area (Å²) >= 11 is 0. The third-order valence-electron chi connectivity index (χ3n) is 6.28. The maximum Gasteiger partial charge on any atom is 0.328 e. The van der Waals surface area contributed by atoms with Crippen LogP contribution in [0.25, 0.3) is 0 Å². The Labute approximate surface area is 176 Å². The third kappa shape index (κ3) is 4.80. The van der Waals surface area contributed by atoms with Crippen molar-refractivity contribution in [3.8, 4) is 0 Å². The molecule has 0 saturated carbocycles. The Hall–Kier alpha value is -2.49. The van der Waals surface area contributed by atoms with Crippen molar-refractivity contribution in [2.45, 2.75) is 19.3 Å². The first-order chi connectivity index (χ1) is 14.5. The van der Waals surface area contributed by atoms with Gasteiger partial charge in [-0.25, -0.2) is 9.80 Å². The summed E-state index contributed by atoms with van der Waals surface area (Å²) < 4.78 is 0. The Morgan fingerprint density at radius 3 is 2.47 bits per heavy atom. The first-order valence-electron chi connectivity index (χ1n) is 10.7. The molecule has 0 aromatic heterocycles. The van der Waals surface area contributed by atoms with Crippen LogP contribution >= 0.6 is 0 Å². The van der Waals surface area contributed by atoms with Gasteiger partial charge in [0.2, 0.25) is 5.91 Å². The highest BCUT2D eigenvalue weighted by Crippen LogP contribution is 2.21. The number of carbonyl (C=O) groups excluding carboxylic acids is 3. The average molecular weight is 415 g/mol. The van der Waals surface area contributed by atoms with Crippen LogP contribution in [0.4, 0.5) is 10.5 Å². The molecule has 0 unspecified atom stereocenters. The van der Waals surface area contributed by atoms with E-state index in [9.17, 15) is 14.4 Å². The number of nitrogens with one attached hydrogen (secondary N) is 1. The number of amides is 4. The SMILES string of the molecule is NN1CCC(CN2CCN(C(=O)c3cccc(N4CCC(=O)NC4=O)c3)CC2)CC1. The first-order valence-corrected chi connectivity index (χ1v) is 10.7. The second kappa shape index (κ2) is 9.11. The van der Waals surface area contributed by atoms with Crippen molar-refractivity contribution in [1.29, 1.82) is 0 Å². The molecule has 30 heavy (non-hydrogen) atoms. The van der Waals surface area contributed by atoms with Crippen LogP contribution in [0.2, 0.25) is 0 Å². The minimum absolute atomic E-state index is 0.0126. The highest BCUT2D eigenvalue weighted by Gasteiger charge is 2.27. The monoisotopic (exact) mass is 414 g/mol. The van der Waals surface area contributed by atoms with Gasteiger partial charge >= 0.3 is 6.03 Å². The lowest BCUT2D eigenvalue weighted by molar-refractivity contribution is -0.120. The molecule has 1 aromatic carbocycles. The van der Waals surface area contributed by atoms with Crippen molar-refractivity contribution in [2.24, 2.45) is 11.8 Å². The average Bonchev–Trinajstić information content (AvgIpc) is 2.75. The number of carbonyl (C=O) groups is 3. The summed E-state index contributed by atoms with van der Waals surface area (Å²) in [7, 11) is 0. The summed E-state index contributed by atoms with van der Waals surface area (Å²) in [6.07, 6.45) is 2.53. The van der Waals surface area contributed by atoms with E-state index in [2.05, 4.69) is 10.2 Å². The van der Waals surface area contributed by atoms with Crippen LogP contribution < -0.4 is 16.1 Å². The van der Waals surface area contributed by atoms with Gasteiger partial charge in [0.1, 0.15) is 0 Å². The van der Waals surface area contributed by atoms with Crippen LogP contribution in [0, 0.1) is 5.92 Å². The van der Waals surface area contributed by atoms with Crippen LogP contribution in [0.5, 0.6) is 0 Å². The van der Waals surface area contributed by atoms with E-state index in [4.69, 9.17) is 5.84 Å². The normalized spacial score (nSPS) is 22.3. The smallest absolute Gasteiger partial charge is 0.328 e. The topological polar surface area (TPSA) is 102 Å².